The Balaban J connectivity index is 0.00000216. The predicted octanol–water partition coefficient (Wildman–Crippen LogP) is 1.45. The highest BCUT2D eigenvalue weighted by atomic mass is 35.5. The zero-order chi connectivity index (χ0) is 21.2. The Morgan fingerprint density at radius 1 is 1.22 bits per heavy atom. The second-order valence-corrected chi connectivity index (χ2v) is 9.57. The van der Waals surface area contributed by atoms with Gasteiger partial charge in [-0.2, -0.15) is 5.26 Å². The van der Waals surface area contributed by atoms with Crippen LogP contribution in [0.5, 0.6) is 0 Å². The number of nitrogens with one attached hydrogen (secondary N) is 1. The highest BCUT2D eigenvalue weighted by Crippen LogP contribution is 2.63. The molecule has 1 N–H and O–H groups in total. The minimum atomic E-state index is -0.0881. The van der Waals surface area contributed by atoms with E-state index >= 15 is 0 Å². The molecule has 6 rings (SSSR count). The average Bonchev–Trinajstić information content (AvgIpc) is 3.33. The zero-order valence-corrected chi connectivity index (χ0v) is 18.9. The molecule has 2 saturated heterocycles. The van der Waals surface area contributed by atoms with Crippen LogP contribution in [0.15, 0.2) is 71.5 Å². The Hall–Kier alpha value is -2.87. The van der Waals surface area contributed by atoms with Gasteiger partial charge in [-0.3, -0.25) is 4.79 Å². The number of nitriles is 1. The van der Waals surface area contributed by atoms with Crippen molar-refractivity contribution in [1.29, 1.82) is 5.26 Å². The molecule has 2 bridgehead atoms. The summed E-state index contributed by atoms with van der Waals surface area (Å²) in [5.74, 6) is 0.225. The highest BCUT2D eigenvalue weighted by molar-refractivity contribution is 5.84. The fraction of sp³-hybridized carbons (Fsp3) is 0.333. The van der Waals surface area contributed by atoms with Gasteiger partial charge in [0.25, 0.3) is 0 Å². The van der Waals surface area contributed by atoms with Gasteiger partial charge < -0.3 is 22.2 Å². The van der Waals surface area contributed by atoms with Crippen molar-refractivity contribution in [3.8, 4) is 6.07 Å². The maximum absolute atomic E-state index is 12.4. The van der Waals surface area contributed by atoms with Crippen LogP contribution in [-0.2, 0) is 16.8 Å². The topological polar surface area (TPSA) is 52.9 Å². The van der Waals surface area contributed by atoms with Crippen LogP contribution in [0.25, 0.3) is 0 Å². The molecule has 162 valence electrons. The molecule has 2 unspecified atom stereocenters. The van der Waals surface area contributed by atoms with Gasteiger partial charge in [0.15, 0.2) is 0 Å². The van der Waals surface area contributed by atoms with Gasteiger partial charge in [0.05, 0.1) is 23.6 Å². The van der Waals surface area contributed by atoms with Crippen LogP contribution in [-0.4, -0.2) is 29.9 Å². The lowest BCUT2D eigenvalue weighted by atomic mass is 9.61. The van der Waals surface area contributed by atoms with Gasteiger partial charge in [-0.1, -0.05) is 36.4 Å². The number of aldehydes is 1. The van der Waals surface area contributed by atoms with Crippen LogP contribution in [0.2, 0.25) is 0 Å². The van der Waals surface area contributed by atoms with Crippen LogP contribution in [0.4, 0.5) is 5.69 Å². The van der Waals surface area contributed by atoms with Crippen molar-refractivity contribution in [3.05, 3.63) is 88.1 Å². The molecule has 0 aromatic heterocycles. The number of piperidine rings is 1. The van der Waals surface area contributed by atoms with E-state index in [0.29, 0.717) is 11.6 Å². The lowest BCUT2D eigenvalue weighted by Crippen LogP contribution is -3.00. The van der Waals surface area contributed by atoms with Crippen molar-refractivity contribution >= 4 is 12.0 Å². The minimum Gasteiger partial charge on any atom is -1.00 e. The second-order valence-electron chi connectivity index (χ2n) is 9.57. The number of para-hydroxylation sites is 1. The molecular formula is C27H26ClN3O. The number of quaternary nitrogens is 1. The van der Waals surface area contributed by atoms with Crippen molar-refractivity contribution in [2.45, 2.75) is 37.8 Å². The molecule has 2 fully saturated rings. The van der Waals surface area contributed by atoms with Gasteiger partial charge in [-0.05, 0) is 36.3 Å². The first-order chi connectivity index (χ1) is 15.1. The van der Waals surface area contributed by atoms with Crippen molar-refractivity contribution in [1.82, 2.24) is 0 Å². The molecule has 0 radical (unpaired) electrons. The van der Waals surface area contributed by atoms with Gasteiger partial charge in [0.1, 0.15) is 25.4 Å². The van der Waals surface area contributed by atoms with Gasteiger partial charge in [-0.25, -0.2) is 0 Å². The summed E-state index contributed by atoms with van der Waals surface area (Å²) in [5, 5.41) is 12.9. The number of fused-ring (bicyclic) bond motifs is 2. The summed E-state index contributed by atoms with van der Waals surface area (Å²) in [7, 11) is 0. The molecule has 32 heavy (non-hydrogen) atoms. The number of carbonyl (C=O) groups excluding carboxylic acids is 1. The SMILES string of the molecule is C/C=C1/C[N+]2(Cc3ccc(C#N)cc3)CC[C@]34C(=C(C=O)[C@H]1CC32)Nc1ccccc14.[Cl-]. The molecule has 2 aromatic rings. The highest BCUT2D eigenvalue weighted by Gasteiger charge is 2.68. The lowest BCUT2D eigenvalue weighted by Gasteiger charge is -2.53. The van der Waals surface area contributed by atoms with E-state index in [9.17, 15) is 10.1 Å². The van der Waals surface area contributed by atoms with Crippen LogP contribution in [0, 0.1) is 17.2 Å². The van der Waals surface area contributed by atoms with Crippen molar-refractivity contribution in [2.24, 2.45) is 5.92 Å². The van der Waals surface area contributed by atoms with Gasteiger partial charge >= 0.3 is 0 Å². The maximum Gasteiger partial charge on any atom is 0.148 e. The van der Waals surface area contributed by atoms with E-state index < -0.39 is 0 Å². The fourth-order valence-corrected chi connectivity index (χ4v) is 7.18. The van der Waals surface area contributed by atoms with E-state index in [2.05, 4.69) is 60.8 Å². The first-order valence-corrected chi connectivity index (χ1v) is 11.2. The van der Waals surface area contributed by atoms with E-state index in [4.69, 9.17) is 0 Å². The monoisotopic (exact) mass is 443 g/mol. The largest absolute Gasteiger partial charge is 1.00 e. The Morgan fingerprint density at radius 3 is 2.72 bits per heavy atom. The number of nitrogens with zero attached hydrogens (tertiary/aromatic N) is 2. The quantitative estimate of drug-likeness (QED) is 0.444. The second kappa shape index (κ2) is 7.33. The molecule has 2 aromatic carbocycles. The number of anilines is 1. The molecular weight excluding hydrogens is 418 g/mol. The predicted molar refractivity (Wildman–Crippen MR) is 120 cm³/mol. The number of benzene rings is 2. The Kier molecular flexibility index (Phi) is 4.81. The number of hydrogen-bond donors (Lipinski definition) is 1. The molecule has 3 heterocycles. The molecule has 1 aliphatic carbocycles. The van der Waals surface area contributed by atoms with Crippen LogP contribution in [0.3, 0.4) is 0 Å². The molecule has 0 amide bonds. The molecule has 4 nitrogen and oxygen atoms in total. The van der Waals surface area contributed by atoms with E-state index in [-0.39, 0.29) is 23.7 Å². The Labute approximate surface area is 195 Å². The summed E-state index contributed by atoms with van der Waals surface area (Å²) in [6.07, 6.45) is 5.47. The fourth-order valence-electron chi connectivity index (χ4n) is 7.18. The standard InChI is InChI=1S/C27H25N3O.ClH/c1-2-20-16-30(15-19-9-7-18(14-28)8-10-19)12-11-27-23-5-3-4-6-24(23)29-26(27)22(17-31)21(20)13-25(27)30;/h2-10,17,21,25H,11-13,15-16H2,1H3;1H/b20-2-;/t21-,25?,27+,30?;/m0./s1. The summed E-state index contributed by atoms with van der Waals surface area (Å²) in [6.45, 7) is 5.19. The third kappa shape index (κ3) is 2.56. The summed E-state index contributed by atoms with van der Waals surface area (Å²) >= 11 is 0. The number of hydrogen-bond acceptors (Lipinski definition) is 3. The first-order valence-electron chi connectivity index (χ1n) is 11.2. The van der Waals surface area contributed by atoms with Crippen LogP contribution >= 0.6 is 0 Å². The summed E-state index contributed by atoms with van der Waals surface area (Å²) in [6, 6.07) is 19.4. The first kappa shape index (κ1) is 21.0. The van der Waals surface area contributed by atoms with Crippen molar-refractivity contribution in [2.75, 3.05) is 18.4 Å². The normalized spacial score (nSPS) is 32.4. The van der Waals surface area contributed by atoms with Gasteiger partial charge in [-0.15, -0.1) is 0 Å². The number of halogens is 1. The summed E-state index contributed by atoms with van der Waals surface area (Å²) < 4.78 is 1.04. The lowest BCUT2D eigenvalue weighted by molar-refractivity contribution is -0.954. The molecule has 4 aliphatic rings. The van der Waals surface area contributed by atoms with Crippen molar-refractivity contribution in [3.63, 3.8) is 0 Å². The average molecular weight is 444 g/mol. The summed E-state index contributed by atoms with van der Waals surface area (Å²) in [5.41, 5.74) is 7.99. The number of rotatable bonds is 3. The molecule has 5 heteroatoms. The molecule has 4 atom stereocenters. The van der Waals surface area contributed by atoms with Gasteiger partial charge in [0.2, 0.25) is 0 Å². The van der Waals surface area contributed by atoms with Gasteiger partial charge in [0, 0.05) is 41.3 Å². The number of allylic oxidation sites excluding steroid dienone is 2. The van der Waals surface area contributed by atoms with E-state index in [1.807, 2.05) is 12.1 Å². The van der Waals surface area contributed by atoms with E-state index in [0.717, 1.165) is 48.8 Å². The third-order valence-electron chi connectivity index (χ3n) is 8.44. The zero-order valence-electron chi connectivity index (χ0n) is 18.1. The van der Waals surface area contributed by atoms with Crippen LogP contribution in [0.1, 0.15) is 36.5 Å². The van der Waals surface area contributed by atoms with Crippen LogP contribution < -0.4 is 17.7 Å². The smallest absolute Gasteiger partial charge is 0.148 e. The third-order valence-corrected chi connectivity index (χ3v) is 8.44. The summed E-state index contributed by atoms with van der Waals surface area (Å²) in [4.78, 5) is 12.4. The molecule has 0 saturated carbocycles. The molecule has 1 spiro atoms. The Morgan fingerprint density at radius 2 is 2.00 bits per heavy atom. The maximum atomic E-state index is 12.4. The van der Waals surface area contributed by atoms with Crippen molar-refractivity contribution < 1.29 is 21.7 Å². The molecule has 3 aliphatic heterocycles. The minimum absolute atomic E-state index is 0. The Bertz CT molecular complexity index is 1210. The van der Waals surface area contributed by atoms with E-state index in [1.165, 1.54) is 28.1 Å². The number of carbonyl (C=O) groups is 1. The van der Waals surface area contributed by atoms with E-state index in [1.54, 1.807) is 0 Å².